The quantitative estimate of drug-likeness (QED) is 0.0926. The largest absolute Gasteiger partial charge is 0.480 e. The maximum Gasteiger partial charge on any atom is 0.326 e. The van der Waals surface area contributed by atoms with Crippen LogP contribution in [-0.4, -0.2) is 83.8 Å². The average Bonchev–Trinajstić information content (AvgIpc) is 2.83. The summed E-state index contributed by atoms with van der Waals surface area (Å²) in [7, 11) is 0. The number of carbonyl (C=O) groups excluding carboxylic acids is 6. The Morgan fingerprint density at radius 2 is 1.10 bits per heavy atom. The minimum atomic E-state index is -1.20. The van der Waals surface area contributed by atoms with Crippen molar-refractivity contribution >= 4 is 41.4 Å². The van der Waals surface area contributed by atoms with E-state index in [1.54, 1.807) is 41.5 Å². The van der Waals surface area contributed by atoms with Crippen molar-refractivity contribution in [2.75, 3.05) is 13.1 Å². The Morgan fingerprint density at radius 1 is 0.641 bits per heavy atom. The number of aliphatic carboxylic acids is 1. The normalized spacial score (nSPS) is 14.1. The summed E-state index contributed by atoms with van der Waals surface area (Å²) < 4.78 is 0. The van der Waals surface area contributed by atoms with Crippen LogP contribution >= 0.6 is 0 Å². The highest BCUT2D eigenvalue weighted by Crippen LogP contribution is 2.07. The van der Waals surface area contributed by atoms with Gasteiger partial charge in [-0.05, 0) is 24.2 Å². The number of primary amides is 1. The molecule has 0 fully saturated rings. The zero-order chi connectivity index (χ0) is 30.4. The molecule has 4 atom stereocenters. The molecule has 6 amide bonds. The SMILES string of the molecule is CC(C)[C@H](NC(=O)[C@@H](NC(=O)CNC(=O)CNC(=O)[C@@H](NC(=O)[C@@H](N)CCC(N)=O)C(C)C)C(C)C)C(=O)O. The molecule has 0 aromatic carbocycles. The Labute approximate surface area is 227 Å². The fourth-order valence-corrected chi connectivity index (χ4v) is 3.26. The molecule has 10 N–H and O–H groups in total. The first-order chi connectivity index (χ1) is 18.0. The first kappa shape index (κ1) is 35.2. The molecular weight excluding hydrogens is 514 g/mol. The van der Waals surface area contributed by atoms with E-state index >= 15 is 0 Å². The van der Waals surface area contributed by atoms with E-state index in [-0.39, 0.29) is 30.6 Å². The smallest absolute Gasteiger partial charge is 0.326 e. The summed E-state index contributed by atoms with van der Waals surface area (Å²) in [6.07, 6.45) is -0.0838. The van der Waals surface area contributed by atoms with E-state index < -0.39 is 78.7 Å². The number of rotatable bonds is 17. The summed E-state index contributed by atoms with van der Waals surface area (Å²) in [4.78, 5) is 84.1. The molecule has 0 bridgehead atoms. The fraction of sp³-hybridized carbons (Fsp3) is 0.708. The molecule has 0 aliphatic heterocycles. The van der Waals surface area contributed by atoms with E-state index in [0.717, 1.165) is 0 Å². The molecule has 0 heterocycles. The summed E-state index contributed by atoms with van der Waals surface area (Å²) >= 11 is 0. The molecule has 0 aliphatic rings. The summed E-state index contributed by atoms with van der Waals surface area (Å²) in [6, 6.07) is -4.24. The van der Waals surface area contributed by atoms with Crippen molar-refractivity contribution in [2.24, 2.45) is 29.2 Å². The molecule has 0 radical (unpaired) electrons. The standard InChI is InChI=1S/C24H43N7O8/c1-11(2)18(30-21(35)14(25)7-8-15(26)32)22(36)28-9-16(33)27-10-17(34)29-19(12(3)4)23(37)31-20(13(5)6)24(38)39/h11-14,18-20H,7-10,25H2,1-6H3,(H2,26,32)(H,27,33)(H,28,36)(H,29,34)(H,30,35)(H,31,37)(H,38,39)/t14-,18-,19-,20-/m0/s1. The Hall–Kier alpha value is -3.75. The van der Waals surface area contributed by atoms with Gasteiger partial charge in [0.25, 0.3) is 0 Å². The minimum absolute atomic E-state index is 0.00919. The van der Waals surface area contributed by atoms with Crippen LogP contribution in [-0.2, 0) is 33.6 Å². The Balaban J connectivity index is 4.85. The Kier molecular flexibility index (Phi) is 15.3. The van der Waals surface area contributed by atoms with Crippen LogP contribution in [0.3, 0.4) is 0 Å². The van der Waals surface area contributed by atoms with Gasteiger partial charge in [-0.1, -0.05) is 41.5 Å². The second kappa shape index (κ2) is 17.0. The average molecular weight is 558 g/mol. The van der Waals surface area contributed by atoms with E-state index in [4.69, 9.17) is 11.5 Å². The second-order valence-corrected chi connectivity index (χ2v) is 10.2. The predicted octanol–water partition coefficient (Wildman–Crippen LogP) is -2.68. The van der Waals surface area contributed by atoms with Crippen LogP contribution in [0.4, 0.5) is 0 Å². The number of carboxylic acids is 1. The molecule has 0 unspecified atom stereocenters. The zero-order valence-corrected chi connectivity index (χ0v) is 23.3. The highest BCUT2D eigenvalue weighted by atomic mass is 16.4. The van der Waals surface area contributed by atoms with Gasteiger partial charge in [-0.25, -0.2) is 4.79 Å². The number of hydrogen-bond donors (Lipinski definition) is 8. The first-order valence-corrected chi connectivity index (χ1v) is 12.7. The van der Waals surface area contributed by atoms with Gasteiger partial charge in [-0.2, -0.15) is 0 Å². The van der Waals surface area contributed by atoms with E-state index in [1.807, 2.05) is 0 Å². The van der Waals surface area contributed by atoms with Crippen molar-refractivity contribution in [3.63, 3.8) is 0 Å². The summed E-state index contributed by atoms with van der Waals surface area (Å²) in [5.74, 6) is -6.32. The lowest BCUT2D eigenvalue weighted by Crippen LogP contribution is -2.56. The number of amides is 6. The van der Waals surface area contributed by atoms with Crippen molar-refractivity contribution in [3.05, 3.63) is 0 Å². The van der Waals surface area contributed by atoms with Gasteiger partial charge < -0.3 is 43.2 Å². The van der Waals surface area contributed by atoms with Gasteiger partial charge in [0.2, 0.25) is 35.4 Å². The maximum atomic E-state index is 12.6. The van der Waals surface area contributed by atoms with E-state index in [0.29, 0.717) is 0 Å². The van der Waals surface area contributed by atoms with Gasteiger partial charge in [-0.3, -0.25) is 28.8 Å². The molecule has 0 rings (SSSR count). The first-order valence-electron chi connectivity index (χ1n) is 12.7. The van der Waals surface area contributed by atoms with Gasteiger partial charge in [0.15, 0.2) is 0 Å². The van der Waals surface area contributed by atoms with Crippen LogP contribution in [0.5, 0.6) is 0 Å². The Bertz CT molecular complexity index is 907. The molecule has 0 aliphatic carbocycles. The summed E-state index contributed by atoms with van der Waals surface area (Å²) in [6.45, 7) is 8.94. The fourth-order valence-electron chi connectivity index (χ4n) is 3.26. The van der Waals surface area contributed by atoms with Crippen molar-refractivity contribution in [1.29, 1.82) is 0 Å². The molecular formula is C24H43N7O8. The van der Waals surface area contributed by atoms with Crippen molar-refractivity contribution in [2.45, 2.75) is 78.6 Å². The maximum absolute atomic E-state index is 12.6. The number of carboxylic acid groups (broad SMARTS) is 1. The van der Waals surface area contributed by atoms with Crippen molar-refractivity contribution in [1.82, 2.24) is 26.6 Å². The third-order valence-electron chi connectivity index (χ3n) is 5.65. The lowest BCUT2D eigenvalue weighted by atomic mass is 10.0. The lowest BCUT2D eigenvalue weighted by Gasteiger charge is -2.25. The molecule has 222 valence electrons. The third-order valence-corrected chi connectivity index (χ3v) is 5.65. The van der Waals surface area contributed by atoms with Crippen LogP contribution in [0.1, 0.15) is 54.4 Å². The molecule has 39 heavy (non-hydrogen) atoms. The van der Waals surface area contributed by atoms with Crippen LogP contribution in [0.15, 0.2) is 0 Å². The van der Waals surface area contributed by atoms with Crippen LogP contribution in [0.25, 0.3) is 0 Å². The van der Waals surface area contributed by atoms with Crippen LogP contribution in [0.2, 0.25) is 0 Å². The van der Waals surface area contributed by atoms with Crippen LogP contribution < -0.4 is 38.1 Å². The topological polar surface area (TPSA) is 252 Å². The molecule has 0 spiro atoms. The lowest BCUT2D eigenvalue weighted by molar-refractivity contribution is -0.143. The van der Waals surface area contributed by atoms with Crippen molar-refractivity contribution in [3.8, 4) is 0 Å². The van der Waals surface area contributed by atoms with Gasteiger partial charge in [0, 0.05) is 6.42 Å². The minimum Gasteiger partial charge on any atom is -0.480 e. The molecule has 0 saturated heterocycles. The Morgan fingerprint density at radius 3 is 1.56 bits per heavy atom. The number of carbonyl (C=O) groups is 7. The van der Waals surface area contributed by atoms with Crippen LogP contribution in [0, 0.1) is 17.8 Å². The van der Waals surface area contributed by atoms with Gasteiger partial charge in [-0.15, -0.1) is 0 Å². The van der Waals surface area contributed by atoms with Gasteiger partial charge >= 0.3 is 5.97 Å². The van der Waals surface area contributed by atoms with E-state index in [9.17, 15) is 38.7 Å². The number of nitrogens with one attached hydrogen (secondary N) is 5. The molecule has 0 saturated carbocycles. The number of hydrogen-bond acceptors (Lipinski definition) is 8. The molecule has 15 heteroatoms. The number of nitrogens with two attached hydrogens (primary N) is 2. The van der Waals surface area contributed by atoms with Crippen molar-refractivity contribution < 1.29 is 38.7 Å². The molecule has 0 aromatic heterocycles. The molecule has 0 aromatic rings. The second-order valence-electron chi connectivity index (χ2n) is 10.2. The zero-order valence-electron chi connectivity index (χ0n) is 23.3. The molecule has 15 nitrogen and oxygen atoms in total. The van der Waals surface area contributed by atoms with E-state index in [2.05, 4.69) is 26.6 Å². The highest BCUT2D eigenvalue weighted by molar-refractivity contribution is 5.94. The monoisotopic (exact) mass is 557 g/mol. The predicted molar refractivity (Wildman–Crippen MR) is 140 cm³/mol. The highest BCUT2D eigenvalue weighted by Gasteiger charge is 2.30. The third kappa shape index (κ3) is 13.6. The van der Waals surface area contributed by atoms with Gasteiger partial charge in [0.05, 0.1) is 19.1 Å². The van der Waals surface area contributed by atoms with E-state index in [1.165, 1.54) is 0 Å². The van der Waals surface area contributed by atoms with Gasteiger partial charge in [0.1, 0.15) is 18.1 Å². The summed E-state index contributed by atoms with van der Waals surface area (Å²) in [5.41, 5.74) is 10.8. The summed E-state index contributed by atoms with van der Waals surface area (Å²) in [5, 5.41) is 21.3.